The standard InChI is InChI=1S/C20H22ClN5O/c1-4-9-25(20(27)16-10-14(2)11-17(21)12-16)15(3)19-23-13-24-26(19)18-7-5-6-8-22-18/h5-8,10-13,15H,4,9H2,1-3H3. The van der Waals surface area contributed by atoms with Crippen LogP contribution in [0, 0.1) is 6.92 Å². The fraction of sp³-hybridized carbons (Fsp3) is 0.300. The maximum atomic E-state index is 13.2. The van der Waals surface area contributed by atoms with Crippen LogP contribution >= 0.6 is 11.6 Å². The highest BCUT2D eigenvalue weighted by atomic mass is 35.5. The number of nitrogens with zero attached hydrogens (tertiary/aromatic N) is 5. The second-order valence-corrected chi connectivity index (χ2v) is 6.85. The molecule has 0 saturated carbocycles. The van der Waals surface area contributed by atoms with E-state index in [9.17, 15) is 4.79 Å². The molecule has 0 fully saturated rings. The Labute approximate surface area is 163 Å². The quantitative estimate of drug-likeness (QED) is 0.638. The number of carbonyl (C=O) groups excluding carboxylic acids is 1. The van der Waals surface area contributed by atoms with Crippen molar-refractivity contribution in [3.8, 4) is 5.82 Å². The number of aromatic nitrogens is 4. The summed E-state index contributed by atoms with van der Waals surface area (Å²) in [6.07, 6.45) is 4.02. The number of hydrogen-bond donors (Lipinski definition) is 0. The molecule has 3 rings (SSSR count). The van der Waals surface area contributed by atoms with Gasteiger partial charge in [0.25, 0.3) is 5.91 Å². The van der Waals surface area contributed by atoms with Crippen molar-refractivity contribution in [2.75, 3.05) is 6.54 Å². The van der Waals surface area contributed by atoms with Gasteiger partial charge in [-0.2, -0.15) is 9.78 Å². The van der Waals surface area contributed by atoms with E-state index in [-0.39, 0.29) is 11.9 Å². The SMILES string of the molecule is CCCN(C(=O)c1cc(C)cc(Cl)c1)C(C)c1ncnn1-c1ccccn1. The highest BCUT2D eigenvalue weighted by molar-refractivity contribution is 6.31. The predicted octanol–water partition coefficient (Wildman–Crippen LogP) is 4.24. The van der Waals surface area contributed by atoms with Crippen LogP contribution in [-0.2, 0) is 0 Å². The lowest BCUT2D eigenvalue weighted by molar-refractivity contribution is 0.0681. The first kappa shape index (κ1) is 19.0. The van der Waals surface area contributed by atoms with Crippen LogP contribution in [0.1, 0.15) is 48.1 Å². The fourth-order valence-electron chi connectivity index (χ4n) is 3.07. The summed E-state index contributed by atoms with van der Waals surface area (Å²) in [7, 11) is 0. The van der Waals surface area contributed by atoms with Crippen molar-refractivity contribution < 1.29 is 4.79 Å². The normalized spacial score (nSPS) is 12.0. The summed E-state index contributed by atoms with van der Waals surface area (Å²) in [6.45, 7) is 6.52. The largest absolute Gasteiger partial charge is 0.329 e. The lowest BCUT2D eigenvalue weighted by atomic mass is 10.1. The van der Waals surface area contributed by atoms with Crippen LogP contribution < -0.4 is 0 Å². The topological polar surface area (TPSA) is 63.9 Å². The molecule has 7 heteroatoms. The summed E-state index contributed by atoms with van der Waals surface area (Å²) in [5, 5.41) is 4.85. The van der Waals surface area contributed by atoms with Gasteiger partial charge in [-0.3, -0.25) is 4.79 Å². The number of pyridine rings is 1. The molecule has 1 aromatic carbocycles. The summed E-state index contributed by atoms with van der Waals surface area (Å²) >= 11 is 6.15. The van der Waals surface area contributed by atoms with Crippen molar-refractivity contribution in [2.24, 2.45) is 0 Å². The van der Waals surface area contributed by atoms with Crippen LogP contribution in [0.5, 0.6) is 0 Å². The lowest BCUT2D eigenvalue weighted by Gasteiger charge is -2.28. The lowest BCUT2D eigenvalue weighted by Crippen LogP contribution is -2.35. The molecule has 0 aliphatic rings. The molecular weight excluding hydrogens is 362 g/mol. The minimum absolute atomic E-state index is 0.0782. The van der Waals surface area contributed by atoms with E-state index >= 15 is 0 Å². The van der Waals surface area contributed by atoms with Gasteiger partial charge in [0, 0.05) is 23.3 Å². The smallest absolute Gasteiger partial charge is 0.254 e. The minimum atomic E-state index is -0.277. The van der Waals surface area contributed by atoms with E-state index < -0.39 is 0 Å². The third kappa shape index (κ3) is 4.17. The molecule has 2 heterocycles. The van der Waals surface area contributed by atoms with Gasteiger partial charge in [-0.25, -0.2) is 9.97 Å². The maximum Gasteiger partial charge on any atom is 0.254 e. The summed E-state index contributed by atoms with van der Waals surface area (Å²) in [4.78, 5) is 23.8. The second kappa shape index (κ2) is 8.31. The van der Waals surface area contributed by atoms with Gasteiger partial charge in [-0.05, 0) is 56.2 Å². The predicted molar refractivity (Wildman–Crippen MR) is 105 cm³/mol. The molecule has 0 aliphatic carbocycles. The molecular formula is C20H22ClN5O. The number of benzene rings is 1. The van der Waals surface area contributed by atoms with Crippen molar-refractivity contribution in [1.29, 1.82) is 0 Å². The summed E-state index contributed by atoms with van der Waals surface area (Å²) in [5.74, 6) is 1.25. The zero-order chi connectivity index (χ0) is 19.4. The van der Waals surface area contributed by atoms with Gasteiger partial charge < -0.3 is 4.90 Å². The number of rotatable bonds is 6. The first-order valence-corrected chi connectivity index (χ1v) is 9.28. The van der Waals surface area contributed by atoms with Gasteiger partial charge in [-0.15, -0.1) is 0 Å². The first-order valence-electron chi connectivity index (χ1n) is 8.90. The zero-order valence-corrected chi connectivity index (χ0v) is 16.4. The number of amides is 1. The van der Waals surface area contributed by atoms with Crippen LogP contribution in [0.4, 0.5) is 0 Å². The average molecular weight is 384 g/mol. The number of aryl methyl sites for hydroxylation is 1. The fourth-order valence-corrected chi connectivity index (χ4v) is 3.36. The van der Waals surface area contributed by atoms with Crippen LogP contribution in [0.2, 0.25) is 5.02 Å². The Morgan fingerprint density at radius 3 is 2.74 bits per heavy atom. The molecule has 0 saturated heterocycles. The number of halogens is 1. The monoisotopic (exact) mass is 383 g/mol. The molecule has 27 heavy (non-hydrogen) atoms. The first-order chi connectivity index (χ1) is 13.0. The highest BCUT2D eigenvalue weighted by Crippen LogP contribution is 2.24. The second-order valence-electron chi connectivity index (χ2n) is 6.41. The summed E-state index contributed by atoms with van der Waals surface area (Å²) in [5.41, 5.74) is 1.52. The van der Waals surface area contributed by atoms with E-state index in [2.05, 4.69) is 15.1 Å². The Hall–Kier alpha value is -2.73. The zero-order valence-electron chi connectivity index (χ0n) is 15.6. The van der Waals surface area contributed by atoms with Crippen molar-refractivity contribution in [2.45, 2.75) is 33.2 Å². The van der Waals surface area contributed by atoms with Crippen LogP contribution in [0.25, 0.3) is 5.82 Å². The molecule has 1 unspecified atom stereocenters. The average Bonchev–Trinajstić information content (AvgIpc) is 3.15. The Morgan fingerprint density at radius 1 is 1.26 bits per heavy atom. The molecule has 2 aromatic heterocycles. The maximum absolute atomic E-state index is 13.2. The molecule has 6 nitrogen and oxygen atoms in total. The Balaban J connectivity index is 1.96. The molecule has 0 bridgehead atoms. The third-order valence-electron chi connectivity index (χ3n) is 4.30. The summed E-state index contributed by atoms with van der Waals surface area (Å²) < 4.78 is 1.67. The van der Waals surface area contributed by atoms with E-state index in [1.54, 1.807) is 21.8 Å². The summed E-state index contributed by atoms with van der Waals surface area (Å²) in [6, 6.07) is 10.7. The molecule has 0 N–H and O–H groups in total. The van der Waals surface area contributed by atoms with Crippen molar-refractivity contribution in [1.82, 2.24) is 24.6 Å². The molecule has 1 atom stereocenters. The van der Waals surface area contributed by atoms with Gasteiger partial charge in [0.05, 0.1) is 6.04 Å². The minimum Gasteiger partial charge on any atom is -0.329 e. The van der Waals surface area contributed by atoms with Gasteiger partial charge in [0.15, 0.2) is 11.6 Å². The van der Waals surface area contributed by atoms with E-state index in [0.717, 1.165) is 12.0 Å². The van der Waals surface area contributed by atoms with E-state index in [1.165, 1.54) is 6.33 Å². The van der Waals surface area contributed by atoms with Crippen LogP contribution in [-0.4, -0.2) is 37.1 Å². The molecule has 140 valence electrons. The Kier molecular flexibility index (Phi) is 5.86. The Bertz CT molecular complexity index is 905. The van der Waals surface area contributed by atoms with Crippen molar-refractivity contribution in [3.63, 3.8) is 0 Å². The molecule has 0 aliphatic heterocycles. The number of carbonyl (C=O) groups is 1. The van der Waals surface area contributed by atoms with Crippen molar-refractivity contribution >= 4 is 17.5 Å². The Morgan fingerprint density at radius 2 is 2.07 bits per heavy atom. The van der Waals surface area contributed by atoms with Gasteiger partial charge in [0.2, 0.25) is 0 Å². The van der Waals surface area contributed by atoms with E-state index in [0.29, 0.717) is 28.8 Å². The molecule has 1 amide bonds. The highest BCUT2D eigenvalue weighted by Gasteiger charge is 2.26. The molecule has 0 radical (unpaired) electrons. The van der Waals surface area contributed by atoms with E-state index in [1.807, 2.05) is 51.1 Å². The van der Waals surface area contributed by atoms with E-state index in [4.69, 9.17) is 11.6 Å². The van der Waals surface area contributed by atoms with Gasteiger partial charge >= 0.3 is 0 Å². The molecule has 3 aromatic rings. The van der Waals surface area contributed by atoms with Crippen LogP contribution in [0.3, 0.4) is 0 Å². The van der Waals surface area contributed by atoms with Crippen molar-refractivity contribution in [3.05, 3.63) is 70.9 Å². The number of hydrogen-bond acceptors (Lipinski definition) is 4. The van der Waals surface area contributed by atoms with Gasteiger partial charge in [0.1, 0.15) is 6.33 Å². The van der Waals surface area contributed by atoms with Gasteiger partial charge in [-0.1, -0.05) is 24.6 Å². The third-order valence-corrected chi connectivity index (χ3v) is 4.51. The van der Waals surface area contributed by atoms with Crippen LogP contribution in [0.15, 0.2) is 48.9 Å². The molecule has 0 spiro atoms.